The van der Waals surface area contributed by atoms with E-state index < -0.39 is 0 Å². The molecule has 0 aliphatic carbocycles. The summed E-state index contributed by atoms with van der Waals surface area (Å²) in [6.07, 6.45) is 6.78. The highest BCUT2D eigenvalue weighted by molar-refractivity contribution is 8.00. The molecule has 0 aromatic carbocycles. The molecule has 2 nitrogen and oxygen atoms in total. The van der Waals surface area contributed by atoms with Crippen LogP contribution in [0.3, 0.4) is 0 Å². The van der Waals surface area contributed by atoms with Crippen LogP contribution >= 0.6 is 11.8 Å². The van der Waals surface area contributed by atoms with Crippen LogP contribution in [-0.2, 0) is 0 Å². The summed E-state index contributed by atoms with van der Waals surface area (Å²) in [6.45, 7) is 6.88. The first-order valence-electron chi connectivity index (χ1n) is 6.79. The van der Waals surface area contributed by atoms with Crippen LogP contribution in [0.2, 0.25) is 0 Å². The lowest BCUT2D eigenvalue weighted by atomic mass is 9.84. The van der Waals surface area contributed by atoms with E-state index in [0.29, 0.717) is 10.8 Å². The number of nitrogens with zero attached hydrogens (tertiary/aromatic N) is 1. The summed E-state index contributed by atoms with van der Waals surface area (Å²) in [5.41, 5.74) is 6.46. The fourth-order valence-electron chi connectivity index (χ4n) is 3.52. The Balaban J connectivity index is 2.17. The smallest absolute Gasteiger partial charge is 0.0450 e. The van der Waals surface area contributed by atoms with Crippen molar-refractivity contribution in [2.75, 3.05) is 18.8 Å². The number of piperidine rings is 1. The van der Waals surface area contributed by atoms with Gasteiger partial charge < -0.3 is 5.73 Å². The summed E-state index contributed by atoms with van der Waals surface area (Å²) in [5.74, 6) is 1.32. The van der Waals surface area contributed by atoms with Crippen LogP contribution in [0.1, 0.15) is 46.0 Å². The van der Waals surface area contributed by atoms with Gasteiger partial charge in [-0.25, -0.2) is 0 Å². The average Bonchev–Trinajstić information content (AvgIpc) is 2.31. The Morgan fingerprint density at radius 1 is 1.31 bits per heavy atom. The molecule has 2 N–H and O–H groups in total. The van der Waals surface area contributed by atoms with Crippen LogP contribution in [0.15, 0.2) is 0 Å². The van der Waals surface area contributed by atoms with Crippen LogP contribution in [0.4, 0.5) is 0 Å². The Bertz CT molecular complexity index is 234. The van der Waals surface area contributed by atoms with E-state index in [1.54, 1.807) is 0 Å². The van der Waals surface area contributed by atoms with Gasteiger partial charge in [0.05, 0.1) is 0 Å². The minimum atomic E-state index is 0.294. The van der Waals surface area contributed by atoms with Crippen molar-refractivity contribution < 1.29 is 0 Å². The van der Waals surface area contributed by atoms with Gasteiger partial charge in [-0.05, 0) is 44.9 Å². The monoisotopic (exact) mass is 242 g/mol. The Morgan fingerprint density at radius 2 is 2.12 bits per heavy atom. The highest BCUT2D eigenvalue weighted by atomic mass is 32.2. The fraction of sp³-hybridized carbons (Fsp3) is 1.00. The maximum atomic E-state index is 6.17. The molecular weight excluding hydrogens is 216 g/mol. The second-order valence-electron chi connectivity index (χ2n) is 5.46. The van der Waals surface area contributed by atoms with Gasteiger partial charge in [0.15, 0.2) is 0 Å². The van der Waals surface area contributed by atoms with E-state index >= 15 is 0 Å². The molecule has 0 spiro atoms. The van der Waals surface area contributed by atoms with Crippen molar-refractivity contribution in [2.45, 2.75) is 62.8 Å². The second-order valence-corrected chi connectivity index (χ2v) is 6.91. The fourth-order valence-corrected chi connectivity index (χ4v) is 4.84. The predicted molar refractivity (Wildman–Crippen MR) is 73.0 cm³/mol. The average molecular weight is 242 g/mol. The molecule has 0 radical (unpaired) electrons. The Kier molecular flexibility index (Phi) is 4.20. The summed E-state index contributed by atoms with van der Waals surface area (Å²) in [4.78, 5) is 2.74. The second kappa shape index (κ2) is 5.28. The predicted octanol–water partition coefficient (Wildman–Crippen LogP) is 2.47. The molecule has 3 heteroatoms. The quantitative estimate of drug-likeness (QED) is 0.806. The molecule has 2 aliphatic heterocycles. The number of hydrogen-bond donors (Lipinski definition) is 1. The van der Waals surface area contributed by atoms with Crippen LogP contribution in [0.5, 0.6) is 0 Å². The van der Waals surface area contributed by atoms with Crippen molar-refractivity contribution in [2.24, 2.45) is 5.73 Å². The lowest BCUT2D eigenvalue weighted by Gasteiger charge is -2.53. The zero-order valence-corrected chi connectivity index (χ0v) is 11.6. The zero-order valence-electron chi connectivity index (χ0n) is 10.7. The van der Waals surface area contributed by atoms with Crippen molar-refractivity contribution >= 4 is 11.8 Å². The highest BCUT2D eigenvalue weighted by Gasteiger charge is 2.44. The van der Waals surface area contributed by atoms with E-state index in [4.69, 9.17) is 5.73 Å². The molecule has 0 aromatic heterocycles. The Hall–Kier alpha value is 0.270. The molecule has 3 atom stereocenters. The standard InChI is InChI=1S/C13H26N2S/c1-11-6-3-4-8-15(11)13(10-14)7-5-9-16-12(13)2/h11-12H,3-10,14H2,1-2H3. The summed E-state index contributed by atoms with van der Waals surface area (Å²) in [7, 11) is 0. The first-order valence-corrected chi connectivity index (χ1v) is 7.84. The molecule has 2 aliphatic rings. The van der Waals surface area contributed by atoms with Crippen LogP contribution in [-0.4, -0.2) is 40.6 Å². The minimum absolute atomic E-state index is 0.294. The Labute approximate surface area is 104 Å². The molecule has 0 aromatic rings. The molecule has 2 saturated heterocycles. The summed E-state index contributed by atoms with van der Waals surface area (Å²) >= 11 is 2.12. The van der Waals surface area contributed by atoms with Gasteiger partial charge in [0, 0.05) is 23.4 Å². The molecular formula is C13H26N2S. The molecule has 2 heterocycles. The minimum Gasteiger partial charge on any atom is -0.329 e. The number of nitrogens with two attached hydrogens (primary N) is 1. The van der Waals surface area contributed by atoms with Gasteiger partial charge in [-0.1, -0.05) is 13.3 Å². The molecule has 0 bridgehead atoms. The van der Waals surface area contributed by atoms with Gasteiger partial charge in [-0.2, -0.15) is 11.8 Å². The van der Waals surface area contributed by atoms with Crippen molar-refractivity contribution in [1.29, 1.82) is 0 Å². The Morgan fingerprint density at radius 3 is 2.75 bits per heavy atom. The van der Waals surface area contributed by atoms with E-state index in [2.05, 4.69) is 30.5 Å². The van der Waals surface area contributed by atoms with E-state index in [0.717, 1.165) is 12.6 Å². The molecule has 94 valence electrons. The largest absolute Gasteiger partial charge is 0.329 e. The molecule has 0 saturated carbocycles. The third-order valence-electron chi connectivity index (χ3n) is 4.61. The maximum absolute atomic E-state index is 6.17. The van der Waals surface area contributed by atoms with Crippen LogP contribution < -0.4 is 5.73 Å². The van der Waals surface area contributed by atoms with E-state index in [1.165, 1.54) is 44.4 Å². The molecule has 2 fully saturated rings. The van der Waals surface area contributed by atoms with Crippen molar-refractivity contribution in [3.05, 3.63) is 0 Å². The van der Waals surface area contributed by atoms with E-state index in [-0.39, 0.29) is 0 Å². The van der Waals surface area contributed by atoms with E-state index in [9.17, 15) is 0 Å². The van der Waals surface area contributed by atoms with Gasteiger partial charge in [0.2, 0.25) is 0 Å². The number of rotatable bonds is 2. The zero-order chi connectivity index (χ0) is 11.6. The highest BCUT2D eigenvalue weighted by Crippen LogP contribution is 2.40. The van der Waals surface area contributed by atoms with Gasteiger partial charge in [0.25, 0.3) is 0 Å². The summed E-state index contributed by atoms with van der Waals surface area (Å²) in [5, 5.41) is 0.701. The SMILES string of the molecule is CC1CCCCN1C1(CN)CCCSC1C. The summed E-state index contributed by atoms with van der Waals surface area (Å²) in [6, 6.07) is 0.735. The van der Waals surface area contributed by atoms with Crippen molar-refractivity contribution in [1.82, 2.24) is 4.90 Å². The van der Waals surface area contributed by atoms with Crippen LogP contribution in [0, 0.1) is 0 Å². The lowest BCUT2D eigenvalue weighted by molar-refractivity contribution is 0.0216. The third kappa shape index (κ3) is 2.14. The van der Waals surface area contributed by atoms with Gasteiger partial charge in [-0.3, -0.25) is 4.90 Å². The molecule has 16 heavy (non-hydrogen) atoms. The van der Waals surface area contributed by atoms with Gasteiger partial charge in [-0.15, -0.1) is 0 Å². The number of likely N-dealkylation sites (tertiary alicyclic amines) is 1. The van der Waals surface area contributed by atoms with Gasteiger partial charge in [0.1, 0.15) is 0 Å². The third-order valence-corrected chi connectivity index (χ3v) is 6.07. The van der Waals surface area contributed by atoms with Crippen molar-refractivity contribution in [3.63, 3.8) is 0 Å². The van der Waals surface area contributed by atoms with Gasteiger partial charge >= 0.3 is 0 Å². The first-order chi connectivity index (χ1) is 7.70. The lowest BCUT2D eigenvalue weighted by Crippen LogP contribution is -2.64. The maximum Gasteiger partial charge on any atom is 0.0450 e. The number of hydrogen-bond acceptors (Lipinski definition) is 3. The molecule has 3 unspecified atom stereocenters. The topological polar surface area (TPSA) is 29.3 Å². The normalized spacial score (nSPS) is 42.2. The first kappa shape index (κ1) is 12.7. The van der Waals surface area contributed by atoms with Crippen molar-refractivity contribution in [3.8, 4) is 0 Å². The van der Waals surface area contributed by atoms with E-state index in [1.807, 2.05) is 0 Å². The molecule has 2 rings (SSSR count). The van der Waals surface area contributed by atoms with Crippen LogP contribution in [0.25, 0.3) is 0 Å². The summed E-state index contributed by atoms with van der Waals surface area (Å²) < 4.78 is 0. The molecule has 0 amide bonds. The number of thioether (sulfide) groups is 1.